The van der Waals surface area contributed by atoms with Crippen LogP contribution in [0.15, 0.2) is 46.3 Å². The monoisotopic (exact) mass is 446 g/mol. The van der Waals surface area contributed by atoms with E-state index in [0.29, 0.717) is 44.4 Å². The number of aliphatic imine (C=N–C) groups is 1. The Morgan fingerprint density at radius 1 is 1.23 bits per heavy atom. The fourth-order valence-corrected chi connectivity index (χ4v) is 4.07. The molecule has 30 heavy (non-hydrogen) atoms. The summed E-state index contributed by atoms with van der Waals surface area (Å²) in [5.41, 5.74) is 1.19. The number of thioether (sulfide) groups is 1. The third-order valence-electron chi connectivity index (χ3n) is 4.31. The van der Waals surface area contributed by atoms with Crippen molar-refractivity contribution >= 4 is 52.2 Å². The van der Waals surface area contributed by atoms with Crippen LogP contribution in [0.4, 0.5) is 5.69 Å². The number of ether oxygens (including phenoxy) is 2. The lowest BCUT2D eigenvalue weighted by molar-refractivity contribution is -0.122. The van der Waals surface area contributed by atoms with Crippen LogP contribution in [0.2, 0.25) is 5.02 Å². The van der Waals surface area contributed by atoms with Crippen molar-refractivity contribution in [2.45, 2.75) is 6.92 Å². The number of hydrogen-bond acceptors (Lipinski definition) is 6. The molecule has 9 heteroatoms. The summed E-state index contributed by atoms with van der Waals surface area (Å²) >= 11 is 7.54. The third kappa shape index (κ3) is 4.44. The van der Waals surface area contributed by atoms with Crippen molar-refractivity contribution in [3.05, 3.63) is 57.5 Å². The number of hydrogen-bond donors (Lipinski definition) is 1. The summed E-state index contributed by atoms with van der Waals surface area (Å²) in [6, 6.07) is 9.57. The first kappa shape index (κ1) is 21.7. The number of aromatic carboxylic acids is 1. The SMILES string of the molecule is CCN1C(=O)C(=Cc2cc(OC)c(OC)cc2Cl)SC1=Nc1cccc(C(=O)O)c1. The third-order valence-corrected chi connectivity index (χ3v) is 5.65. The van der Waals surface area contributed by atoms with Crippen molar-refractivity contribution in [3.63, 3.8) is 0 Å². The van der Waals surface area contributed by atoms with Gasteiger partial charge in [0.25, 0.3) is 5.91 Å². The van der Waals surface area contributed by atoms with E-state index < -0.39 is 5.97 Å². The van der Waals surface area contributed by atoms with Crippen molar-refractivity contribution in [1.29, 1.82) is 0 Å². The van der Waals surface area contributed by atoms with E-state index in [9.17, 15) is 9.59 Å². The molecular formula is C21H19ClN2O5S. The number of carbonyl (C=O) groups is 2. The fraction of sp³-hybridized carbons (Fsp3) is 0.190. The zero-order valence-electron chi connectivity index (χ0n) is 16.5. The Morgan fingerprint density at radius 2 is 1.93 bits per heavy atom. The van der Waals surface area contributed by atoms with Gasteiger partial charge in [-0.3, -0.25) is 9.69 Å². The lowest BCUT2D eigenvalue weighted by atomic mass is 10.1. The topological polar surface area (TPSA) is 88.4 Å². The standard InChI is InChI=1S/C21H19ClN2O5S/c1-4-24-19(25)18(10-13-9-16(28-2)17(29-3)11-15(13)22)30-21(24)23-14-7-5-6-12(8-14)20(26)27/h5-11H,4H2,1-3H3,(H,26,27). The maximum absolute atomic E-state index is 12.9. The van der Waals surface area contributed by atoms with E-state index in [1.165, 1.54) is 43.0 Å². The summed E-state index contributed by atoms with van der Waals surface area (Å²) in [6.07, 6.45) is 1.68. The molecule has 0 spiro atoms. The van der Waals surface area contributed by atoms with Gasteiger partial charge in [-0.05, 0) is 54.6 Å². The quantitative estimate of drug-likeness (QED) is 0.648. The van der Waals surface area contributed by atoms with Gasteiger partial charge in [0, 0.05) is 12.6 Å². The average molecular weight is 447 g/mol. The first-order chi connectivity index (χ1) is 14.4. The minimum atomic E-state index is -1.04. The predicted molar refractivity (Wildman–Crippen MR) is 118 cm³/mol. The van der Waals surface area contributed by atoms with Crippen LogP contribution < -0.4 is 9.47 Å². The van der Waals surface area contributed by atoms with Crippen LogP contribution in [0.1, 0.15) is 22.8 Å². The van der Waals surface area contributed by atoms with Gasteiger partial charge >= 0.3 is 5.97 Å². The molecule has 1 N–H and O–H groups in total. The lowest BCUT2D eigenvalue weighted by Gasteiger charge is -2.12. The second-order valence-electron chi connectivity index (χ2n) is 6.14. The van der Waals surface area contributed by atoms with E-state index in [-0.39, 0.29) is 11.5 Å². The lowest BCUT2D eigenvalue weighted by Crippen LogP contribution is -2.28. The molecule has 0 unspecified atom stereocenters. The molecule has 1 saturated heterocycles. The molecule has 0 saturated carbocycles. The molecule has 1 fully saturated rings. The largest absolute Gasteiger partial charge is 0.493 e. The van der Waals surface area contributed by atoms with E-state index in [1.54, 1.807) is 30.3 Å². The highest BCUT2D eigenvalue weighted by Crippen LogP contribution is 2.38. The highest BCUT2D eigenvalue weighted by atomic mass is 35.5. The number of amides is 1. The predicted octanol–water partition coefficient (Wildman–Crippen LogP) is 4.68. The number of nitrogens with zero attached hydrogens (tertiary/aromatic N) is 2. The Morgan fingerprint density at radius 3 is 2.57 bits per heavy atom. The molecule has 2 aromatic carbocycles. The number of likely N-dealkylation sites (N-methyl/N-ethyl adjacent to an activating group) is 1. The molecule has 0 aliphatic carbocycles. The molecule has 1 amide bonds. The normalized spacial score (nSPS) is 16.4. The van der Waals surface area contributed by atoms with Crippen LogP contribution in [0.5, 0.6) is 11.5 Å². The molecule has 0 radical (unpaired) electrons. The molecule has 2 aromatic rings. The van der Waals surface area contributed by atoms with Gasteiger partial charge in [-0.15, -0.1) is 0 Å². The highest BCUT2D eigenvalue weighted by molar-refractivity contribution is 8.18. The number of benzene rings is 2. The van der Waals surface area contributed by atoms with Crippen molar-refractivity contribution in [2.75, 3.05) is 20.8 Å². The average Bonchev–Trinajstić information content (AvgIpc) is 3.03. The van der Waals surface area contributed by atoms with Gasteiger partial charge in [0.15, 0.2) is 16.7 Å². The number of halogens is 1. The Bertz CT molecular complexity index is 1070. The second kappa shape index (κ2) is 9.23. The maximum Gasteiger partial charge on any atom is 0.335 e. The number of carboxylic acids is 1. The molecule has 156 valence electrons. The van der Waals surface area contributed by atoms with Gasteiger partial charge in [0.2, 0.25) is 0 Å². The summed E-state index contributed by atoms with van der Waals surface area (Å²) in [4.78, 5) is 30.5. The Labute approximate surface area is 183 Å². The summed E-state index contributed by atoms with van der Waals surface area (Å²) in [7, 11) is 3.04. The van der Waals surface area contributed by atoms with Crippen LogP contribution in [0.3, 0.4) is 0 Å². The van der Waals surface area contributed by atoms with Crippen molar-refractivity contribution in [2.24, 2.45) is 4.99 Å². The number of rotatable bonds is 6. The minimum absolute atomic E-state index is 0.127. The molecule has 0 aromatic heterocycles. The number of carbonyl (C=O) groups excluding carboxylic acids is 1. The smallest absolute Gasteiger partial charge is 0.335 e. The molecule has 1 aliphatic heterocycles. The van der Waals surface area contributed by atoms with E-state index in [1.807, 2.05) is 6.92 Å². The summed E-state index contributed by atoms with van der Waals surface area (Å²) in [5.74, 6) is -0.258. The maximum atomic E-state index is 12.9. The molecule has 7 nitrogen and oxygen atoms in total. The highest BCUT2D eigenvalue weighted by Gasteiger charge is 2.32. The Balaban J connectivity index is 1.98. The fourth-order valence-electron chi connectivity index (χ4n) is 2.81. The van der Waals surface area contributed by atoms with Gasteiger partial charge in [0.05, 0.1) is 35.4 Å². The Hall–Kier alpha value is -2.97. The van der Waals surface area contributed by atoms with Crippen LogP contribution in [0.25, 0.3) is 6.08 Å². The summed E-state index contributed by atoms with van der Waals surface area (Å²) in [6.45, 7) is 2.26. The number of carboxylic acid groups (broad SMARTS) is 1. The first-order valence-electron chi connectivity index (χ1n) is 8.93. The zero-order valence-corrected chi connectivity index (χ0v) is 18.1. The van der Waals surface area contributed by atoms with Crippen LogP contribution in [0, 0.1) is 0 Å². The Kier molecular flexibility index (Phi) is 6.69. The van der Waals surface area contributed by atoms with Crippen LogP contribution >= 0.6 is 23.4 Å². The van der Waals surface area contributed by atoms with E-state index in [4.69, 9.17) is 26.2 Å². The van der Waals surface area contributed by atoms with E-state index in [2.05, 4.69) is 4.99 Å². The zero-order chi connectivity index (χ0) is 21.8. The summed E-state index contributed by atoms with van der Waals surface area (Å²) in [5, 5.41) is 10.0. The van der Waals surface area contributed by atoms with E-state index in [0.717, 1.165) is 0 Å². The summed E-state index contributed by atoms with van der Waals surface area (Å²) < 4.78 is 10.5. The van der Waals surface area contributed by atoms with Crippen molar-refractivity contribution in [3.8, 4) is 11.5 Å². The van der Waals surface area contributed by atoms with Crippen LogP contribution in [-0.2, 0) is 4.79 Å². The van der Waals surface area contributed by atoms with Gasteiger partial charge < -0.3 is 14.6 Å². The number of amidine groups is 1. The molecule has 0 atom stereocenters. The van der Waals surface area contributed by atoms with Crippen molar-refractivity contribution < 1.29 is 24.2 Å². The van der Waals surface area contributed by atoms with Crippen molar-refractivity contribution in [1.82, 2.24) is 4.90 Å². The van der Waals surface area contributed by atoms with Gasteiger partial charge in [-0.25, -0.2) is 9.79 Å². The van der Waals surface area contributed by atoms with Crippen LogP contribution in [-0.4, -0.2) is 47.8 Å². The molecule has 1 heterocycles. The molecule has 1 aliphatic rings. The van der Waals surface area contributed by atoms with Gasteiger partial charge in [0.1, 0.15) is 0 Å². The molecule has 3 rings (SSSR count). The van der Waals surface area contributed by atoms with Gasteiger partial charge in [-0.2, -0.15) is 0 Å². The molecular weight excluding hydrogens is 428 g/mol. The second-order valence-corrected chi connectivity index (χ2v) is 7.55. The number of methoxy groups -OCH3 is 2. The van der Waals surface area contributed by atoms with Gasteiger partial charge in [-0.1, -0.05) is 17.7 Å². The van der Waals surface area contributed by atoms with E-state index >= 15 is 0 Å². The minimum Gasteiger partial charge on any atom is -0.493 e. The molecule has 0 bridgehead atoms. The first-order valence-corrected chi connectivity index (χ1v) is 10.1.